The molecule has 0 aromatic heterocycles. The van der Waals surface area contributed by atoms with Crippen LogP contribution < -0.4 is 18.9 Å². The number of benzene rings is 3. The molecule has 3 aromatic carbocycles. The van der Waals surface area contributed by atoms with Gasteiger partial charge < -0.3 is 28.4 Å². The molecule has 33 heavy (non-hydrogen) atoms. The van der Waals surface area contributed by atoms with E-state index in [2.05, 4.69) is 36.4 Å². The molecule has 1 fully saturated rings. The second-order valence-corrected chi connectivity index (χ2v) is 8.71. The molecule has 3 aromatic rings. The first-order valence-electron chi connectivity index (χ1n) is 11.4. The number of hydrogen-bond donors (Lipinski definition) is 0. The van der Waals surface area contributed by atoms with Gasteiger partial charge in [-0.2, -0.15) is 0 Å². The van der Waals surface area contributed by atoms with Crippen LogP contribution in [0.2, 0.25) is 0 Å². The van der Waals surface area contributed by atoms with Crippen molar-refractivity contribution >= 4 is 0 Å². The Balaban J connectivity index is 1.21. The summed E-state index contributed by atoms with van der Waals surface area (Å²) in [5.41, 5.74) is 3.55. The van der Waals surface area contributed by atoms with Crippen molar-refractivity contribution in [1.82, 2.24) is 0 Å². The van der Waals surface area contributed by atoms with Crippen molar-refractivity contribution in [1.29, 1.82) is 0 Å². The fourth-order valence-electron chi connectivity index (χ4n) is 4.80. The molecule has 3 aliphatic rings. The fourth-order valence-corrected chi connectivity index (χ4v) is 4.80. The van der Waals surface area contributed by atoms with Crippen molar-refractivity contribution in [3.63, 3.8) is 0 Å². The molecule has 6 rings (SSSR count). The summed E-state index contributed by atoms with van der Waals surface area (Å²) in [5, 5.41) is 0. The molecular formula is C27H26O6. The van der Waals surface area contributed by atoms with Gasteiger partial charge in [0.15, 0.2) is 29.3 Å². The van der Waals surface area contributed by atoms with Crippen LogP contribution in [0, 0.1) is 11.8 Å². The number of hydrogen-bond acceptors (Lipinski definition) is 6. The third-order valence-electron chi connectivity index (χ3n) is 6.53. The molecule has 1 unspecified atom stereocenters. The summed E-state index contributed by atoms with van der Waals surface area (Å²) < 4.78 is 34.6. The van der Waals surface area contributed by atoms with Crippen LogP contribution in [0.5, 0.6) is 23.0 Å². The Hall–Kier alpha value is -3.22. The zero-order valence-corrected chi connectivity index (χ0v) is 18.3. The maximum Gasteiger partial charge on any atom is 0.231 e. The second-order valence-electron chi connectivity index (χ2n) is 8.71. The Morgan fingerprint density at radius 3 is 2.00 bits per heavy atom. The SMILES string of the molecule is c1ccc(COC2OC[C@H](Cc3ccc4c(c3)OCO4)[C@@H]2Cc2ccc3c(c2)OCO3)cc1. The molecule has 6 nitrogen and oxygen atoms in total. The van der Waals surface area contributed by atoms with Crippen molar-refractivity contribution in [2.24, 2.45) is 11.8 Å². The fraction of sp³-hybridized carbons (Fsp3) is 0.333. The van der Waals surface area contributed by atoms with Crippen molar-refractivity contribution in [2.75, 3.05) is 20.2 Å². The normalized spacial score (nSPS) is 22.6. The molecule has 0 spiro atoms. The van der Waals surface area contributed by atoms with Gasteiger partial charge in [-0.25, -0.2) is 0 Å². The topological polar surface area (TPSA) is 55.4 Å². The lowest BCUT2D eigenvalue weighted by atomic mass is 9.84. The van der Waals surface area contributed by atoms with Crippen LogP contribution in [-0.2, 0) is 28.9 Å². The highest BCUT2D eigenvalue weighted by Crippen LogP contribution is 2.39. The number of ether oxygens (including phenoxy) is 6. The van der Waals surface area contributed by atoms with Crippen LogP contribution in [0.25, 0.3) is 0 Å². The predicted octanol–water partition coefficient (Wildman–Crippen LogP) is 4.73. The van der Waals surface area contributed by atoms with E-state index in [0.717, 1.165) is 41.4 Å². The lowest BCUT2D eigenvalue weighted by molar-refractivity contribution is -0.138. The van der Waals surface area contributed by atoms with E-state index in [1.807, 2.05) is 30.3 Å². The maximum atomic E-state index is 6.29. The summed E-state index contributed by atoms with van der Waals surface area (Å²) in [4.78, 5) is 0. The van der Waals surface area contributed by atoms with E-state index in [9.17, 15) is 0 Å². The smallest absolute Gasteiger partial charge is 0.231 e. The van der Waals surface area contributed by atoms with E-state index in [-0.39, 0.29) is 25.8 Å². The van der Waals surface area contributed by atoms with Crippen molar-refractivity contribution in [3.8, 4) is 23.0 Å². The Labute approximate surface area is 192 Å². The lowest BCUT2D eigenvalue weighted by Gasteiger charge is -2.24. The summed E-state index contributed by atoms with van der Waals surface area (Å²) in [6.07, 6.45) is 1.46. The average Bonchev–Trinajstić information content (AvgIpc) is 3.59. The summed E-state index contributed by atoms with van der Waals surface area (Å²) in [7, 11) is 0. The second kappa shape index (κ2) is 8.96. The number of fused-ring (bicyclic) bond motifs is 2. The van der Waals surface area contributed by atoms with E-state index in [1.54, 1.807) is 0 Å². The van der Waals surface area contributed by atoms with Gasteiger partial charge in [-0.1, -0.05) is 42.5 Å². The van der Waals surface area contributed by atoms with Crippen LogP contribution in [0.15, 0.2) is 66.7 Å². The van der Waals surface area contributed by atoms with Gasteiger partial charge in [0.05, 0.1) is 13.2 Å². The van der Waals surface area contributed by atoms with Gasteiger partial charge in [0.2, 0.25) is 13.6 Å². The molecule has 0 saturated carbocycles. The first kappa shape index (κ1) is 20.4. The number of rotatable bonds is 7. The minimum atomic E-state index is -0.269. The van der Waals surface area contributed by atoms with Crippen LogP contribution in [-0.4, -0.2) is 26.5 Å². The standard InChI is InChI=1S/C27H26O6/c1-2-4-18(5-3-1)14-28-27-22(11-20-7-9-24-26(13-20)33-17-31-24)21(15-29-27)10-19-6-8-23-25(12-19)32-16-30-23/h1-9,12-13,21-22,27H,10-11,14-17H2/t21-,22-,27?/m0/s1. The highest BCUT2D eigenvalue weighted by atomic mass is 16.7. The van der Waals surface area contributed by atoms with Gasteiger partial charge in [-0.05, 0) is 59.7 Å². The van der Waals surface area contributed by atoms with Gasteiger partial charge >= 0.3 is 0 Å². The minimum absolute atomic E-state index is 0.208. The minimum Gasteiger partial charge on any atom is -0.454 e. The summed E-state index contributed by atoms with van der Waals surface area (Å²) in [5.74, 6) is 3.75. The average molecular weight is 446 g/mol. The molecule has 0 radical (unpaired) electrons. The molecule has 0 aliphatic carbocycles. The third-order valence-corrected chi connectivity index (χ3v) is 6.53. The van der Waals surface area contributed by atoms with Crippen LogP contribution in [0.3, 0.4) is 0 Å². The molecule has 170 valence electrons. The Kier molecular flexibility index (Phi) is 5.54. The van der Waals surface area contributed by atoms with Gasteiger partial charge in [-0.3, -0.25) is 0 Å². The van der Waals surface area contributed by atoms with Crippen LogP contribution >= 0.6 is 0 Å². The van der Waals surface area contributed by atoms with E-state index >= 15 is 0 Å². The summed E-state index contributed by atoms with van der Waals surface area (Å²) in [6, 6.07) is 22.6. The van der Waals surface area contributed by atoms with Gasteiger partial charge in [0.25, 0.3) is 0 Å². The predicted molar refractivity (Wildman–Crippen MR) is 120 cm³/mol. The first-order valence-corrected chi connectivity index (χ1v) is 11.4. The Bertz CT molecular complexity index is 1110. The molecule has 0 N–H and O–H groups in total. The van der Waals surface area contributed by atoms with E-state index in [1.165, 1.54) is 11.1 Å². The lowest BCUT2D eigenvalue weighted by Crippen LogP contribution is -2.26. The zero-order valence-electron chi connectivity index (χ0n) is 18.3. The van der Waals surface area contributed by atoms with E-state index in [0.29, 0.717) is 19.1 Å². The van der Waals surface area contributed by atoms with E-state index < -0.39 is 0 Å². The molecule has 3 atom stereocenters. The molecular weight excluding hydrogens is 420 g/mol. The van der Waals surface area contributed by atoms with Gasteiger partial charge in [0.1, 0.15) is 0 Å². The third kappa shape index (κ3) is 4.36. The summed E-state index contributed by atoms with van der Waals surface area (Å²) >= 11 is 0. The first-order chi connectivity index (χ1) is 16.3. The van der Waals surface area contributed by atoms with Crippen molar-refractivity contribution < 1.29 is 28.4 Å². The molecule has 0 bridgehead atoms. The van der Waals surface area contributed by atoms with Crippen molar-refractivity contribution in [2.45, 2.75) is 25.7 Å². The molecule has 0 amide bonds. The quantitative estimate of drug-likeness (QED) is 0.523. The highest BCUT2D eigenvalue weighted by Gasteiger charge is 2.38. The monoisotopic (exact) mass is 446 g/mol. The van der Waals surface area contributed by atoms with Crippen LogP contribution in [0.1, 0.15) is 16.7 Å². The van der Waals surface area contributed by atoms with Gasteiger partial charge in [0, 0.05) is 5.92 Å². The maximum absolute atomic E-state index is 6.29. The Morgan fingerprint density at radius 1 is 0.667 bits per heavy atom. The Morgan fingerprint density at radius 2 is 1.30 bits per heavy atom. The molecule has 3 heterocycles. The molecule has 3 aliphatic heterocycles. The largest absolute Gasteiger partial charge is 0.454 e. The van der Waals surface area contributed by atoms with Gasteiger partial charge in [-0.15, -0.1) is 0 Å². The van der Waals surface area contributed by atoms with E-state index in [4.69, 9.17) is 28.4 Å². The molecule has 6 heteroatoms. The van der Waals surface area contributed by atoms with Crippen LogP contribution in [0.4, 0.5) is 0 Å². The highest BCUT2D eigenvalue weighted by molar-refractivity contribution is 5.45. The summed E-state index contributed by atoms with van der Waals surface area (Å²) in [6.45, 7) is 1.75. The van der Waals surface area contributed by atoms with Crippen molar-refractivity contribution in [3.05, 3.63) is 83.4 Å². The molecule has 1 saturated heterocycles. The zero-order chi connectivity index (χ0) is 22.0.